The van der Waals surface area contributed by atoms with Gasteiger partial charge >= 0.3 is 0 Å². The van der Waals surface area contributed by atoms with Gasteiger partial charge in [-0.2, -0.15) is 5.10 Å². The third kappa shape index (κ3) is 2.30. The Hall–Kier alpha value is -1.46. The van der Waals surface area contributed by atoms with E-state index in [2.05, 4.69) is 20.4 Å². The van der Waals surface area contributed by atoms with Gasteiger partial charge in [0.1, 0.15) is 6.04 Å². The maximum Gasteiger partial charge on any atom is 0.151 e. The van der Waals surface area contributed by atoms with E-state index in [1.165, 1.54) is 0 Å². The van der Waals surface area contributed by atoms with Gasteiger partial charge in [-0.3, -0.25) is 4.68 Å². The molecule has 0 aromatic carbocycles. The van der Waals surface area contributed by atoms with Crippen LogP contribution in [0.5, 0.6) is 0 Å². The van der Waals surface area contributed by atoms with Gasteiger partial charge in [-0.1, -0.05) is 11.6 Å². The quantitative estimate of drug-likeness (QED) is 0.898. The standard InChI is InChI=1S/C11H14ClN5/c1-7-4-14-11(15-5-7)9(13-2)10-8(12)6-16-17(10)3/h4-6,9,13H,1-3H3. The first-order chi connectivity index (χ1) is 8.13. The number of rotatable bonds is 3. The first-order valence-electron chi connectivity index (χ1n) is 5.26. The fourth-order valence-electron chi connectivity index (χ4n) is 1.68. The molecule has 0 saturated carbocycles. The lowest BCUT2D eigenvalue weighted by Crippen LogP contribution is -2.23. The van der Waals surface area contributed by atoms with Crippen molar-refractivity contribution >= 4 is 11.6 Å². The highest BCUT2D eigenvalue weighted by Crippen LogP contribution is 2.25. The Labute approximate surface area is 105 Å². The maximum atomic E-state index is 6.12. The molecule has 1 N–H and O–H groups in total. The van der Waals surface area contributed by atoms with Crippen LogP contribution in [0.3, 0.4) is 0 Å². The summed E-state index contributed by atoms with van der Waals surface area (Å²) in [5, 5.41) is 7.88. The Morgan fingerprint density at radius 3 is 2.41 bits per heavy atom. The van der Waals surface area contributed by atoms with Gasteiger partial charge in [0.2, 0.25) is 0 Å². The second-order valence-electron chi connectivity index (χ2n) is 3.84. The van der Waals surface area contributed by atoms with Gasteiger partial charge in [-0.05, 0) is 19.5 Å². The molecule has 1 atom stereocenters. The van der Waals surface area contributed by atoms with Gasteiger partial charge in [0.15, 0.2) is 5.82 Å². The Kier molecular flexibility index (Phi) is 3.40. The molecule has 2 heterocycles. The molecule has 0 spiro atoms. The molecule has 0 radical (unpaired) electrons. The van der Waals surface area contributed by atoms with Gasteiger partial charge in [-0.25, -0.2) is 9.97 Å². The van der Waals surface area contributed by atoms with Crippen molar-refractivity contribution in [3.8, 4) is 0 Å². The first kappa shape index (κ1) is 12.0. The molecule has 1 unspecified atom stereocenters. The minimum Gasteiger partial charge on any atom is -0.305 e. The van der Waals surface area contributed by atoms with Crippen LogP contribution in [0.1, 0.15) is 23.1 Å². The molecule has 2 aromatic rings. The van der Waals surface area contributed by atoms with Crippen molar-refractivity contribution in [2.45, 2.75) is 13.0 Å². The van der Waals surface area contributed by atoms with Gasteiger partial charge in [-0.15, -0.1) is 0 Å². The minimum atomic E-state index is -0.157. The van der Waals surface area contributed by atoms with Crippen molar-refractivity contribution in [2.24, 2.45) is 7.05 Å². The fraction of sp³-hybridized carbons (Fsp3) is 0.364. The van der Waals surface area contributed by atoms with Crippen molar-refractivity contribution in [1.82, 2.24) is 25.1 Å². The lowest BCUT2D eigenvalue weighted by atomic mass is 10.2. The van der Waals surface area contributed by atoms with Crippen molar-refractivity contribution in [3.05, 3.63) is 40.7 Å². The van der Waals surface area contributed by atoms with E-state index in [0.29, 0.717) is 10.8 Å². The SMILES string of the molecule is CNC(c1ncc(C)cn1)c1c(Cl)cnn1C. The summed E-state index contributed by atoms with van der Waals surface area (Å²) in [6.45, 7) is 1.95. The van der Waals surface area contributed by atoms with E-state index in [1.54, 1.807) is 23.3 Å². The molecule has 6 heteroatoms. The molecule has 0 aliphatic carbocycles. The molecule has 5 nitrogen and oxygen atoms in total. The van der Waals surface area contributed by atoms with Crippen LogP contribution in [0.15, 0.2) is 18.6 Å². The number of aryl methyl sites for hydroxylation is 2. The second-order valence-corrected chi connectivity index (χ2v) is 4.25. The van der Waals surface area contributed by atoms with Crippen LogP contribution in [0.2, 0.25) is 5.02 Å². The molecule has 17 heavy (non-hydrogen) atoms. The highest BCUT2D eigenvalue weighted by molar-refractivity contribution is 6.31. The summed E-state index contributed by atoms with van der Waals surface area (Å²) in [4.78, 5) is 8.63. The molecule has 90 valence electrons. The van der Waals surface area contributed by atoms with Crippen molar-refractivity contribution in [2.75, 3.05) is 7.05 Å². The molecular formula is C11H14ClN5. The van der Waals surface area contributed by atoms with E-state index in [0.717, 1.165) is 11.3 Å². The number of nitrogens with one attached hydrogen (secondary N) is 1. The number of hydrogen-bond acceptors (Lipinski definition) is 4. The van der Waals surface area contributed by atoms with Crippen LogP contribution in [0.25, 0.3) is 0 Å². The number of hydrogen-bond donors (Lipinski definition) is 1. The van der Waals surface area contributed by atoms with Gasteiger partial charge in [0, 0.05) is 19.4 Å². The summed E-state index contributed by atoms with van der Waals surface area (Å²) in [5.41, 5.74) is 1.89. The predicted octanol–water partition coefficient (Wildman–Crippen LogP) is 1.48. The summed E-state index contributed by atoms with van der Waals surface area (Å²) in [7, 11) is 3.69. The highest BCUT2D eigenvalue weighted by Gasteiger charge is 2.21. The first-order valence-corrected chi connectivity index (χ1v) is 5.64. The maximum absolute atomic E-state index is 6.12. The molecule has 2 rings (SSSR count). The molecule has 0 aliphatic rings. The van der Waals surface area contributed by atoms with Crippen LogP contribution in [0.4, 0.5) is 0 Å². The zero-order valence-electron chi connectivity index (χ0n) is 9.98. The van der Waals surface area contributed by atoms with Crippen LogP contribution < -0.4 is 5.32 Å². The van der Waals surface area contributed by atoms with Crippen LogP contribution in [-0.4, -0.2) is 26.8 Å². The van der Waals surface area contributed by atoms with Crippen LogP contribution in [-0.2, 0) is 7.05 Å². The summed E-state index contributed by atoms with van der Waals surface area (Å²) in [5.74, 6) is 0.684. The second kappa shape index (κ2) is 4.81. The lowest BCUT2D eigenvalue weighted by Gasteiger charge is -2.15. The average molecular weight is 252 g/mol. The van der Waals surface area contributed by atoms with Crippen molar-refractivity contribution in [3.63, 3.8) is 0 Å². The molecule has 2 aromatic heterocycles. The van der Waals surface area contributed by atoms with E-state index >= 15 is 0 Å². The zero-order valence-corrected chi connectivity index (χ0v) is 10.7. The Balaban J connectivity index is 2.43. The Morgan fingerprint density at radius 1 is 1.29 bits per heavy atom. The molecule has 0 saturated heterocycles. The fourth-order valence-corrected chi connectivity index (χ4v) is 1.96. The van der Waals surface area contributed by atoms with E-state index < -0.39 is 0 Å². The predicted molar refractivity (Wildman–Crippen MR) is 65.9 cm³/mol. The summed E-state index contributed by atoms with van der Waals surface area (Å²) >= 11 is 6.12. The third-order valence-corrected chi connectivity index (χ3v) is 2.85. The van der Waals surface area contributed by atoms with Crippen LogP contribution >= 0.6 is 11.6 Å². The van der Waals surface area contributed by atoms with E-state index in [4.69, 9.17) is 11.6 Å². The highest BCUT2D eigenvalue weighted by atomic mass is 35.5. The Morgan fingerprint density at radius 2 is 1.94 bits per heavy atom. The monoisotopic (exact) mass is 251 g/mol. The summed E-state index contributed by atoms with van der Waals surface area (Å²) in [6, 6.07) is -0.157. The number of halogens is 1. The van der Waals surface area contributed by atoms with Crippen molar-refractivity contribution < 1.29 is 0 Å². The smallest absolute Gasteiger partial charge is 0.151 e. The van der Waals surface area contributed by atoms with E-state index in [9.17, 15) is 0 Å². The minimum absolute atomic E-state index is 0.157. The van der Waals surface area contributed by atoms with Gasteiger partial charge in [0.05, 0.1) is 16.9 Å². The van der Waals surface area contributed by atoms with Crippen molar-refractivity contribution in [1.29, 1.82) is 0 Å². The lowest BCUT2D eigenvalue weighted by molar-refractivity contribution is 0.579. The largest absolute Gasteiger partial charge is 0.305 e. The Bertz CT molecular complexity index is 486. The topological polar surface area (TPSA) is 55.6 Å². The normalized spacial score (nSPS) is 12.7. The third-order valence-electron chi connectivity index (χ3n) is 2.56. The summed E-state index contributed by atoms with van der Waals surface area (Å²) in [6.07, 6.45) is 5.20. The molecule has 0 bridgehead atoms. The van der Waals surface area contributed by atoms with E-state index in [1.807, 2.05) is 21.0 Å². The molecule has 0 fully saturated rings. The zero-order chi connectivity index (χ0) is 12.4. The molecule has 0 amide bonds. The molecule has 0 aliphatic heterocycles. The van der Waals surface area contributed by atoms with Gasteiger partial charge < -0.3 is 5.32 Å². The van der Waals surface area contributed by atoms with E-state index in [-0.39, 0.29) is 6.04 Å². The number of aromatic nitrogens is 4. The average Bonchev–Trinajstić information content (AvgIpc) is 2.64. The van der Waals surface area contributed by atoms with Crippen LogP contribution in [0, 0.1) is 6.92 Å². The van der Waals surface area contributed by atoms with Gasteiger partial charge in [0.25, 0.3) is 0 Å². The molecular weight excluding hydrogens is 238 g/mol. The number of nitrogens with zero attached hydrogens (tertiary/aromatic N) is 4. The summed E-state index contributed by atoms with van der Waals surface area (Å²) < 4.78 is 1.73.